The molecule has 0 N–H and O–H groups in total. The number of piperidine rings is 2. The third kappa shape index (κ3) is 5.87. The molecular weight excluding hydrogens is 360 g/mol. The highest BCUT2D eigenvalue weighted by atomic mass is 15.3. The summed E-state index contributed by atoms with van der Waals surface area (Å²) in [6.07, 6.45) is 8.94. The predicted octanol–water partition coefficient (Wildman–Crippen LogP) is 2.86. The summed E-state index contributed by atoms with van der Waals surface area (Å²) in [5, 5.41) is 19.1. The summed E-state index contributed by atoms with van der Waals surface area (Å²) in [6.45, 7) is 11.0. The SMILES string of the molecule is C[C@H]1CCCN1CCN(C)C(=C(C#N)C#N)N1CCC(CN2CCCCC2)CC1. The van der Waals surface area contributed by atoms with Gasteiger partial charge in [0.15, 0.2) is 5.57 Å². The Morgan fingerprint density at radius 3 is 2.21 bits per heavy atom. The van der Waals surface area contributed by atoms with Crippen LogP contribution in [0.2, 0.25) is 0 Å². The van der Waals surface area contributed by atoms with Crippen molar-refractivity contribution in [2.75, 3.05) is 59.4 Å². The van der Waals surface area contributed by atoms with E-state index < -0.39 is 0 Å². The highest BCUT2D eigenvalue weighted by molar-refractivity contribution is 5.39. The second kappa shape index (κ2) is 10.9. The molecule has 160 valence electrons. The Morgan fingerprint density at radius 1 is 0.931 bits per heavy atom. The molecule has 3 heterocycles. The molecule has 0 unspecified atom stereocenters. The average Bonchev–Trinajstić information content (AvgIpc) is 3.16. The minimum atomic E-state index is 0.261. The van der Waals surface area contributed by atoms with Gasteiger partial charge in [-0.05, 0) is 71.0 Å². The molecule has 3 aliphatic heterocycles. The van der Waals surface area contributed by atoms with E-state index in [4.69, 9.17) is 0 Å². The van der Waals surface area contributed by atoms with Crippen LogP contribution in [0, 0.1) is 28.6 Å². The van der Waals surface area contributed by atoms with Crippen LogP contribution in [0.5, 0.6) is 0 Å². The Hall–Kier alpha value is -1.76. The molecule has 0 saturated carbocycles. The van der Waals surface area contributed by atoms with Gasteiger partial charge in [-0.1, -0.05) is 6.42 Å². The Kier molecular flexibility index (Phi) is 8.21. The second-order valence-corrected chi connectivity index (χ2v) is 9.16. The lowest BCUT2D eigenvalue weighted by Crippen LogP contribution is -2.44. The van der Waals surface area contributed by atoms with Gasteiger partial charge in [0.05, 0.1) is 0 Å². The molecule has 0 aromatic rings. The molecule has 0 aromatic heterocycles. The van der Waals surface area contributed by atoms with Crippen molar-refractivity contribution in [2.45, 2.75) is 57.9 Å². The number of likely N-dealkylation sites (N-methyl/N-ethyl adjacent to an activating group) is 1. The van der Waals surface area contributed by atoms with E-state index >= 15 is 0 Å². The Bertz CT molecular complexity index is 615. The van der Waals surface area contributed by atoms with Crippen LogP contribution in [0.1, 0.15) is 51.9 Å². The number of nitriles is 2. The van der Waals surface area contributed by atoms with Gasteiger partial charge in [0.25, 0.3) is 0 Å². The van der Waals surface area contributed by atoms with Gasteiger partial charge in [0, 0.05) is 45.8 Å². The lowest BCUT2D eigenvalue weighted by Gasteiger charge is -2.40. The van der Waals surface area contributed by atoms with Crippen LogP contribution in [0.15, 0.2) is 11.4 Å². The summed E-state index contributed by atoms with van der Waals surface area (Å²) >= 11 is 0. The van der Waals surface area contributed by atoms with Crippen LogP contribution >= 0.6 is 0 Å². The number of rotatable bonds is 7. The summed E-state index contributed by atoms with van der Waals surface area (Å²) < 4.78 is 0. The Labute approximate surface area is 177 Å². The van der Waals surface area contributed by atoms with Crippen LogP contribution in [0.3, 0.4) is 0 Å². The van der Waals surface area contributed by atoms with Crippen LogP contribution in [-0.2, 0) is 0 Å². The molecule has 0 aromatic carbocycles. The van der Waals surface area contributed by atoms with E-state index in [1.807, 2.05) is 7.05 Å². The Morgan fingerprint density at radius 2 is 1.62 bits per heavy atom. The maximum Gasteiger partial charge on any atom is 0.169 e. The normalized spacial score (nSPS) is 24.1. The van der Waals surface area contributed by atoms with E-state index in [-0.39, 0.29) is 5.57 Å². The lowest BCUT2D eigenvalue weighted by molar-refractivity contribution is 0.125. The standard InChI is InChI=1S/C23H38N6/c1-20-7-6-12-28(20)16-15-26(2)23(22(17-24)18-25)29-13-8-21(9-14-29)19-27-10-4-3-5-11-27/h20-21H,3-16,19H2,1-2H3/t20-/m0/s1. The lowest BCUT2D eigenvalue weighted by atomic mass is 9.95. The highest BCUT2D eigenvalue weighted by Gasteiger charge is 2.27. The molecule has 0 radical (unpaired) electrons. The van der Waals surface area contributed by atoms with E-state index in [1.165, 1.54) is 58.3 Å². The van der Waals surface area contributed by atoms with Crippen molar-refractivity contribution in [1.82, 2.24) is 19.6 Å². The molecule has 1 atom stereocenters. The van der Waals surface area contributed by atoms with E-state index in [2.05, 4.69) is 38.7 Å². The van der Waals surface area contributed by atoms with Gasteiger partial charge >= 0.3 is 0 Å². The van der Waals surface area contributed by atoms with Crippen molar-refractivity contribution in [3.8, 4) is 12.1 Å². The van der Waals surface area contributed by atoms with Gasteiger partial charge in [-0.15, -0.1) is 0 Å². The molecule has 29 heavy (non-hydrogen) atoms. The molecule has 6 heteroatoms. The van der Waals surface area contributed by atoms with Crippen molar-refractivity contribution in [3.63, 3.8) is 0 Å². The maximum absolute atomic E-state index is 9.57. The zero-order chi connectivity index (χ0) is 20.6. The van der Waals surface area contributed by atoms with Crippen LogP contribution in [0.25, 0.3) is 0 Å². The summed E-state index contributed by atoms with van der Waals surface area (Å²) in [5.74, 6) is 1.59. The molecule has 3 fully saturated rings. The molecule has 0 bridgehead atoms. The first-order chi connectivity index (χ1) is 14.1. The van der Waals surface area contributed by atoms with Gasteiger partial charge in [0.2, 0.25) is 0 Å². The molecule has 3 saturated heterocycles. The molecule has 0 amide bonds. The monoisotopic (exact) mass is 398 g/mol. The first-order valence-corrected chi connectivity index (χ1v) is 11.6. The highest BCUT2D eigenvalue weighted by Crippen LogP contribution is 2.25. The van der Waals surface area contributed by atoms with E-state index in [0.717, 1.165) is 50.8 Å². The third-order valence-electron chi connectivity index (χ3n) is 7.10. The van der Waals surface area contributed by atoms with E-state index in [9.17, 15) is 10.5 Å². The maximum atomic E-state index is 9.57. The fourth-order valence-electron chi connectivity index (χ4n) is 5.26. The number of nitrogens with zero attached hydrogens (tertiary/aromatic N) is 6. The summed E-state index contributed by atoms with van der Waals surface area (Å²) in [5.41, 5.74) is 0.261. The average molecular weight is 399 g/mol. The largest absolute Gasteiger partial charge is 0.358 e. The van der Waals surface area contributed by atoms with E-state index in [1.54, 1.807) is 0 Å². The minimum absolute atomic E-state index is 0.261. The second-order valence-electron chi connectivity index (χ2n) is 9.16. The van der Waals surface area contributed by atoms with Gasteiger partial charge < -0.3 is 14.7 Å². The molecule has 0 spiro atoms. The molecule has 6 nitrogen and oxygen atoms in total. The molecule has 0 aliphatic carbocycles. The van der Waals surface area contributed by atoms with Crippen LogP contribution in [-0.4, -0.2) is 85.0 Å². The number of hydrogen-bond donors (Lipinski definition) is 0. The molecule has 3 rings (SSSR count). The fraction of sp³-hybridized carbons (Fsp3) is 0.826. The van der Waals surface area contributed by atoms with Crippen molar-refractivity contribution >= 4 is 0 Å². The van der Waals surface area contributed by atoms with Gasteiger partial charge in [0.1, 0.15) is 18.0 Å². The zero-order valence-electron chi connectivity index (χ0n) is 18.4. The first kappa shape index (κ1) is 21.9. The van der Waals surface area contributed by atoms with Crippen LogP contribution in [0.4, 0.5) is 0 Å². The number of allylic oxidation sites excluding steroid dienone is 1. The first-order valence-electron chi connectivity index (χ1n) is 11.6. The summed E-state index contributed by atoms with van der Waals surface area (Å²) in [7, 11) is 2.05. The van der Waals surface area contributed by atoms with Gasteiger partial charge in [-0.3, -0.25) is 4.90 Å². The summed E-state index contributed by atoms with van der Waals surface area (Å²) in [6, 6.07) is 4.96. The minimum Gasteiger partial charge on any atom is -0.358 e. The topological polar surface area (TPSA) is 60.5 Å². The van der Waals surface area contributed by atoms with Crippen molar-refractivity contribution in [2.24, 2.45) is 5.92 Å². The van der Waals surface area contributed by atoms with Crippen molar-refractivity contribution in [3.05, 3.63) is 11.4 Å². The smallest absolute Gasteiger partial charge is 0.169 e. The Balaban J connectivity index is 1.57. The third-order valence-corrected chi connectivity index (χ3v) is 7.10. The van der Waals surface area contributed by atoms with Gasteiger partial charge in [-0.2, -0.15) is 10.5 Å². The number of likely N-dealkylation sites (tertiary alicyclic amines) is 3. The fourth-order valence-corrected chi connectivity index (χ4v) is 5.26. The summed E-state index contributed by atoms with van der Waals surface area (Å²) in [4.78, 5) is 9.61. The zero-order valence-corrected chi connectivity index (χ0v) is 18.4. The van der Waals surface area contributed by atoms with Gasteiger partial charge in [-0.25, -0.2) is 0 Å². The van der Waals surface area contributed by atoms with Crippen molar-refractivity contribution < 1.29 is 0 Å². The quantitative estimate of drug-likeness (QED) is 0.615. The van der Waals surface area contributed by atoms with E-state index in [0.29, 0.717) is 6.04 Å². The molecule has 3 aliphatic rings. The van der Waals surface area contributed by atoms with Crippen molar-refractivity contribution in [1.29, 1.82) is 10.5 Å². The van der Waals surface area contributed by atoms with Crippen LogP contribution < -0.4 is 0 Å². The number of hydrogen-bond acceptors (Lipinski definition) is 6. The predicted molar refractivity (Wildman–Crippen MR) is 116 cm³/mol. The molecular formula is C23H38N6.